The first-order chi connectivity index (χ1) is 8.52. The van der Waals surface area contributed by atoms with Crippen molar-refractivity contribution in [3.8, 4) is 11.5 Å². The van der Waals surface area contributed by atoms with E-state index in [1.54, 1.807) is 13.8 Å². The zero-order valence-electron chi connectivity index (χ0n) is 11.4. The fourth-order valence-corrected chi connectivity index (χ4v) is 1.67. The van der Waals surface area contributed by atoms with Gasteiger partial charge in [0.05, 0.1) is 13.7 Å². The third-order valence-corrected chi connectivity index (χ3v) is 2.99. The van der Waals surface area contributed by atoms with Gasteiger partial charge in [0.2, 0.25) is 0 Å². The Morgan fingerprint density at radius 1 is 1.33 bits per heavy atom. The number of methoxy groups -OCH3 is 1. The molecule has 1 N–H and O–H groups in total. The molecular weight excluding hydrogens is 232 g/mol. The standard InChI is InChI=1S/C14H20O4/c1-5-6-7-18-14(16)13-10(3)9(2)11(15)8-12(13)17-4/h8,15H,5-7H2,1-4H3. The van der Waals surface area contributed by atoms with Gasteiger partial charge < -0.3 is 14.6 Å². The number of phenolic OH excluding ortho intramolecular Hbond substituents is 1. The summed E-state index contributed by atoms with van der Waals surface area (Å²) in [6, 6.07) is 1.44. The number of rotatable bonds is 5. The third kappa shape index (κ3) is 2.94. The summed E-state index contributed by atoms with van der Waals surface area (Å²) in [5.74, 6) is 0.0625. The van der Waals surface area contributed by atoms with Gasteiger partial charge in [-0.05, 0) is 31.4 Å². The van der Waals surface area contributed by atoms with Crippen LogP contribution in [-0.2, 0) is 4.74 Å². The van der Waals surface area contributed by atoms with Crippen molar-refractivity contribution in [1.29, 1.82) is 0 Å². The fraction of sp³-hybridized carbons (Fsp3) is 0.500. The summed E-state index contributed by atoms with van der Waals surface area (Å²) in [7, 11) is 1.46. The van der Waals surface area contributed by atoms with Crippen molar-refractivity contribution in [3.05, 3.63) is 22.8 Å². The number of esters is 1. The summed E-state index contributed by atoms with van der Waals surface area (Å²) in [5.41, 5.74) is 1.75. The smallest absolute Gasteiger partial charge is 0.342 e. The number of hydrogen-bond acceptors (Lipinski definition) is 4. The van der Waals surface area contributed by atoms with Gasteiger partial charge in [0.25, 0.3) is 0 Å². The topological polar surface area (TPSA) is 55.8 Å². The molecule has 0 saturated heterocycles. The Bertz CT molecular complexity index is 438. The van der Waals surface area contributed by atoms with Crippen LogP contribution in [0.3, 0.4) is 0 Å². The highest BCUT2D eigenvalue weighted by molar-refractivity contribution is 5.95. The minimum atomic E-state index is -0.402. The molecule has 4 nitrogen and oxygen atoms in total. The van der Waals surface area contributed by atoms with E-state index in [-0.39, 0.29) is 5.75 Å². The van der Waals surface area contributed by atoms with Crippen LogP contribution in [0.25, 0.3) is 0 Å². The van der Waals surface area contributed by atoms with Crippen molar-refractivity contribution >= 4 is 5.97 Å². The number of hydrogen-bond donors (Lipinski definition) is 1. The lowest BCUT2D eigenvalue weighted by Crippen LogP contribution is -2.11. The lowest BCUT2D eigenvalue weighted by atomic mass is 10.0. The highest BCUT2D eigenvalue weighted by atomic mass is 16.5. The van der Waals surface area contributed by atoms with Gasteiger partial charge >= 0.3 is 5.97 Å². The van der Waals surface area contributed by atoms with E-state index in [0.717, 1.165) is 12.8 Å². The average Bonchev–Trinajstić information content (AvgIpc) is 2.35. The molecule has 0 fully saturated rings. The molecule has 0 heterocycles. The Hall–Kier alpha value is -1.71. The molecule has 0 spiro atoms. The monoisotopic (exact) mass is 252 g/mol. The van der Waals surface area contributed by atoms with Gasteiger partial charge in [-0.15, -0.1) is 0 Å². The Balaban J connectivity index is 3.06. The number of ether oxygens (including phenoxy) is 2. The van der Waals surface area contributed by atoms with Crippen LogP contribution in [0.2, 0.25) is 0 Å². The van der Waals surface area contributed by atoms with Crippen molar-refractivity contribution in [3.63, 3.8) is 0 Å². The van der Waals surface area contributed by atoms with Crippen molar-refractivity contribution in [2.75, 3.05) is 13.7 Å². The molecule has 0 atom stereocenters. The van der Waals surface area contributed by atoms with Gasteiger partial charge in [-0.1, -0.05) is 13.3 Å². The normalized spacial score (nSPS) is 10.2. The number of benzene rings is 1. The second-order valence-electron chi connectivity index (χ2n) is 4.21. The van der Waals surface area contributed by atoms with Crippen LogP contribution in [0.5, 0.6) is 11.5 Å². The summed E-state index contributed by atoms with van der Waals surface area (Å²) >= 11 is 0. The maximum atomic E-state index is 12.0. The second-order valence-corrected chi connectivity index (χ2v) is 4.21. The van der Waals surface area contributed by atoms with Gasteiger partial charge in [-0.2, -0.15) is 0 Å². The van der Waals surface area contributed by atoms with Crippen LogP contribution >= 0.6 is 0 Å². The zero-order valence-corrected chi connectivity index (χ0v) is 11.4. The first-order valence-electron chi connectivity index (χ1n) is 6.07. The third-order valence-electron chi connectivity index (χ3n) is 2.99. The molecule has 0 aliphatic rings. The molecular formula is C14H20O4. The molecule has 0 bridgehead atoms. The van der Waals surface area contributed by atoms with Gasteiger partial charge in [-0.25, -0.2) is 4.79 Å². The number of unbranched alkanes of at least 4 members (excludes halogenated alkanes) is 1. The molecule has 0 unspecified atom stereocenters. The van der Waals surface area contributed by atoms with Crippen LogP contribution in [0.15, 0.2) is 6.07 Å². The number of carbonyl (C=O) groups is 1. The quantitative estimate of drug-likeness (QED) is 0.646. The molecule has 0 aliphatic carbocycles. The molecule has 1 rings (SSSR count). The summed E-state index contributed by atoms with van der Waals surface area (Å²) in [5, 5.41) is 9.70. The number of carbonyl (C=O) groups excluding carboxylic acids is 1. The van der Waals surface area contributed by atoms with Crippen LogP contribution < -0.4 is 4.74 Å². The predicted octanol–water partition coefficient (Wildman–Crippen LogP) is 2.97. The van der Waals surface area contributed by atoms with E-state index in [4.69, 9.17) is 9.47 Å². The van der Waals surface area contributed by atoms with Crippen LogP contribution in [0, 0.1) is 13.8 Å². The molecule has 1 aromatic carbocycles. The van der Waals surface area contributed by atoms with Crippen LogP contribution in [-0.4, -0.2) is 24.8 Å². The lowest BCUT2D eigenvalue weighted by molar-refractivity contribution is 0.0495. The zero-order chi connectivity index (χ0) is 13.7. The van der Waals surface area contributed by atoms with Gasteiger partial charge in [0.1, 0.15) is 17.1 Å². The Morgan fingerprint density at radius 2 is 2.00 bits per heavy atom. The van der Waals surface area contributed by atoms with Crippen molar-refractivity contribution in [1.82, 2.24) is 0 Å². The van der Waals surface area contributed by atoms with Gasteiger partial charge in [0.15, 0.2) is 0 Å². The first kappa shape index (κ1) is 14.4. The largest absolute Gasteiger partial charge is 0.508 e. The van der Waals surface area contributed by atoms with Crippen LogP contribution in [0.1, 0.15) is 41.3 Å². The summed E-state index contributed by atoms with van der Waals surface area (Å²) in [6.45, 7) is 5.96. The van der Waals surface area contributed by atoms with E-state index in [9.17, 15) is 9.90 Å². The highest BCUT2D eigenvalue weighted by Gasteiger charge is 2.20. The van der Waals surface area contributed by atoms with Crippen molar-refractivity contribution < 1.29 is 19.4 Å². The molecule has 1 aromatic rings. The summed E-state index contributed by atoms with van der Waals surface area (Å²) in [6.07, 6.45) is 1.81. The van der Waals surface area contributed by atoms with Crippen molar-refractivity contribution in [2.24, 2.45) is 0 Å². The van der Waals surface area contributed by atoms with E-state index in [0.29, 0.717) is 29.0 Å². The molecule has 0 radical (unpaired) electrons. The predicted molar refractivity (Wildman–Crippen MR) is 69.3 cm³/mol. The number of phenols is 1. The van der Waals surface area contributed by atoms with Gasteiger partial charge in [-0.3, -0.25) is 0 Å². The maximum Gasteiger partial charge on any atom is 0.342 e. The Labute approximate surface area is 108 Å². The molecule has 100 valence electrons. The maximum absolute atomic E-state index is 12.0. The minimum absolute atomic E-state index is 0.120. The lowest BCUT2D eigenvalue weighted by Gasteiger charge is -2.14. The molecule has 0 aromatic heterocycles. The SMILES string of the molecule is CCCCOC(=O)c1c(OC)cc(O)c(C)c1C. The second kappa shape index (κ2) is 6.28. The Kier molecular flexibility index (Phi) is 5.01. The minimum Gasteiger partial charge on any atom is -0.508 e. The average molecular weight is 252 g/mol. The highest BCUT2D eigenvalue weighted by Crippen LogP contribution is 2.32. The summed E-state index contributed by atoms with van der Waals surface area (Å²) in [4.78, 5) is 12.0. The van der Waals surface area contributed by atoms with Crippen molar-refractivity contribution in [2.45, 2.75) is 33.6 Å². The van der Waals surface area contributed by atoms with E-state index >= 15 is 0 Å². The molecule has 18 heavy (non-hydrogen) atoms. The fourth-order valence-electron chi connectivity index (χ4n) is 1.67. The Morgan fingerprint density at radius 3 is 2.56 bits per heavy atom. The van der Waals surface area contributed by atoms with Gasteiger partial charge in [0, 0.05) is 6.07 Å². The van der Waals surface area contributed by atoms with E-state index in [1.165, 1.54) is 13.2 Å². The van der Waals surface area contributed by atoms with Crippen LogP contribution in [0.4, 0.5) is 0 Å². The molecule has 0 amide bonds. The molecule has 0 saturated carbocycles. The van der Waals surface area contributed by atoms with E-state index in [2.05, 4.69) is 0 Å². The number of aromatic hydroxyl groups is 1. The summed E-state index contributed by atoms with van der Waals surface area (Å²) < 4.78 is 10.3. The first-order valence-corrected chi connectivity index (χ1v) is 6.07. The van der Waals surface area contributed by atoms with E-state index in [1.807, 2.05) is 6.92 Å². The van der Waals surface area contributed by atoms with E-state index < -0.39 is 5.97 Å². The molecule has 0 aliphatic heterocycles. The molecule has 4 heteroatoms.